The van der Waals surface area contributed by atoms with Crippen molar-refractivity contribution in [3.05, 3.63) is 34.6 Å². The van der Waals surface area contributed by atoms with Crippen molar-refractivity contribution in [1.82, 2.24) is 4.90 Å². The molecule has 1 rings (SSSR count). The topological polar surface area (TPSA) is 46.3 Å². The number of halogens is 3. The molecule has 0 bridgehead atoms. The highest BCUT2D eigenvalue weighted by Crippen LogP contribution is 2.16. The van der Waals surface area contributed by atoms with Crippen molar-refractivity contribution in [3.63, 3.8) is 0 Å². The molecule has 96 valence electrons. The SMILES string of the molecule is C[C@@H](N)C(=O)N(C)Cc1ccc(Cl)c(F)c1.Cl. The summed E-state index contributed by atoms with van der Waals surface area (Å²) in [5.74, 6) is -0.670. The lowest BCUT2D eigenvalue weighted by atomic mass is 10.2. The van der Waals surface area contributed by atoms with Crippen LogP contribution in [0.1, 0.15) is 12.5 Å². The minimum atomic E-state index is -0.554. The van der Waals surface area contributed by atoms with Gasteiger partial charge in [0.25, 0.3) is 0 Å². The molecule has 0 fully saturated rings. The highest BCUT2D eigenvalue weighted by Gasteiger charge is 2.13. The fourth-order valence-electron chi connectivity index (χ4n) is 1.34. The highest BCUT2D eigenvalue weighted by molar-refractivity contribution is 6.30. The van der Waals surface area contributed by atoms with Gasteiger partial charge in [-0.15, -0.1) is 12.4 Å². The molecule has 1 aromatic carbocycles. The second-order valence-electron chi connectivity index (χ2n) is 3.73. The molecule has 0 saturated heterocycles. The van der Waals surface area contributed by atoms with Crippen LogP contribution in [-0.4, -0.2) is 23.9 Å². The zero-order valence-corrected chi connectivity index (χ0v) is 11.2. The smallest absolute Gasteiger partial charge is 0.239 e. The van der Waals surface area contributed by atoms with Gasteiger partial charge in [-0.05, 0) is 24.6 Å². The molecule has 0 unspecified atom stereocenters. The van der Waals surface area contributed by atoms with Crippen LogP contribution in [0.25, 0.3) is 0 Å². The Hall–Kier alpha value is -0.840. The maximum atomic E-state index is 13.1. The van der Waals surface area contributed by atoms with Crippen LogP contribution in [0, 0.1) is 5.82 Å². The van der Waals surface area contributed by atoms with Gasteiger partial charge in [0.1, 0.15) is 5.82 Å². The molecule has 17 heavy (non-hydrogen) atoms. The number of nitrogens with two attached hydrogens (primary N) is 1. The minimum absolute atomic E-state index is 0. The third-order valence-electron chi connectivity index (χ3n) is 2.17. The first-order chi connectivity index (χ1) is 7.41. The Labute approximate surface area is 111 Å². The van der Waals surface area contributed by atoms with E-state index in [9.17, 15) is 9.18 Å². The molecular formula is C11H15Cl2FN2O. The number of rotatable bonds is 3. The van der Waals surface area contributed by atoms with Crippen LogP contribution in [0.4, 0.5) is 4.39 Å². The molecule has 0 spiro atoms. The van der Waals surface area contributed by atoms with Crippen LogP contribution in [0.2, 0.25) is 5.02 Å². The molecule has 2 N–H and O–H groups in total. The fourth-order valence-corrected chi connectivity index (χ4v) is 1.45. The summed E-state index contributed by atoms with van der Waals surface area (Å²) in [6.07, 6.45) is 0. The zero-order chi connectivity index (χ0) is 12.3. The van der Waals surface area contributed by atoms with Crippen molar-refractivity contribution in [2.24, 2.45) is 5.73 Å². The summed E-state index contributed by atoms with van der Waals surface area (Å²) in [4.78, 5) is 12.9. The van der Waals surface area contributed by atoms with Gasteiger partial charge in [-0.25, -0.2) is 4.39 Å². The van der Waals surface area contributed by atoms with Gasteiger partial charge < -0.3 is 10.6 Å². The van der Waals surface area contributed by atoms with Crippen molar-refractivity contribution < 1.29 is 9.18 Å². The van der Waals surface area contributed by atoms with E-state index in [0.29, 0.717) is 12.1 Å². The highest BCUT2D eigenvalue weighted by atomic mass is 35.5. The third-order valence-corrected chi connectivity index (χ3v) is 2.48. The Morgan fingerprint density at radius 1 is 1.59 bits per heavy atom. The van der Waals surface area contributed by atoms with Gasteiger partial charge in [-0.3, -0.25) is 4.79 Å². The number of benzene rings is 1. The van der Waals surface area contributed by atoms with E-state index in [4.69, 9.17) is 17.3 Å². The van der Waals surface area contributed by atoms with Crippen molar-refractivity contribution in [2.45, 2.75) is 19.5 Å². The van der Waals surface area contributed by atoms with E-state index >= 15 is 0 Å². The number of amides is 1. The van der Waals surface area contributed by atoms with Gasteiger partial charge in [-0.2, -0.15) is 0 Å². The molecular weight excluding hydrogens is 266 g/mol. The van der Waals surface area contributed by atoms with E-state index in [1.165, 1.54) is 17.0 Å². The Morgan fingerprint density at radius 2 is 2.18 bits per heavy atom. The second-order valence-corrected chi connectivity index (χ2v) is 4.14. The van der Waals surface area contributed by atoms with Crippen molar-refractivity contribution >= 4 is 29.9 Å². The summed E-state index contributed by atoms with van der Waals surface area (Å²) in [6.45, 7) is 1.93. The molecule has 1 amide bonds. The predicted molar refractivity (Wildman–Crippen MR) is 68.8 cm³/mol. The summed E-state index contributed by atoms with van der Waals surface area (Å²) < 4.78 is 13.1. The van der Waals surface area contributed by atoms with Gasteiger partial charge in [0, 0.05) is 13.6 Å². The Bertz CT molecular complexity index is 399. The van der Waals surface area contributed by atoms with Crippen LogP contribution in [0.3, 0.4) is 0 Å². The lowest BCUT2D eigenvalue weighted by molar-refractivity contribution is -0.131. The van der Waals surface area contributed by atoms with Crippen molar-refractivity contribution in [2.75, 3.05) is 7.05 Å². The molecule has 0 radical (unpaired) electrons. The first kappa shape index (κ1) is 16.2. The number of hydrogen-bond acceptors (Lipinski definition) is 2. The van der Waals surface area contributed by atoms with E-state index in [1.54, 1.807) is 20.0 Å². The van der Waals surface area contributed by atoms with Crippen LogP contribution >= 0.6 is 24.0 Å². The number of likely N-dealkylation sites (N-methyl/N-ethyl adjacent to an activating group) is 1. The maximum Gasteiger partial charge on any atom is 0.239 e. The minimum Gasteiger partial charge on any atom is -0.340 e. The van der Waals surface area contributed by atoms with Gasteiger partial charge >= 0.3 is 0 Å². The van der Waals surface area contributed by atoms with E-state index < -0.39 is 11.9 Å². The molecule has 1 atom stereocenters. The van der Waals surface area contributed by atoms with E-state index in [1.807, 2.05) is 0 Å². The summed E-state index contributed by atoms with van der Waals surface area (Å²) in [5, 5.41) is 0.0740. The second kappa shape index (κ2) is 6.79. The van der Waals surface area contributed by atoms with Gasteiger partial charge in [0.2, 0.25) is 5.91 Å². The average Bonchev–Trinajstić information content (AvgIpc) is 2.22. The van der Waals surface area contributed by atoms with Gasteiger partial charge in [-0.1, -0.05) is 17.7 Å². The molecule has 6 heteroatoms. The Kier molecular flexibility index (Phi) is 6.45. The van der Waals surface area contributed by atoms with Gasteiger partial charge in [0.15, 0.2) is 0 Å². The molecule has 1 aromatic rings. The Morgan fingerprint density at radius 3 is 2.65 bits per heavy atom. The quantitative estimate of drug-likeness (QED) is 0.923. The van der Waals surface area contributed by atoms with E-state index in [2.05, 4.69) is 0 Å². The molecule has 0 saturated carbocycles. The number of nitrogens with zero attached hydrogens (tertiary/aromatic N) is 1. The molecule has 0 aromatic heterocycles. The van der Waals surface area contributed by atoms with Crippen LogP contribution in [0.15, 0.2) is 18.2 Å². The number of carbonyl (C=O) groups is 1. The zero-order valence-electron chi connectivity index (χ0n) is 9.61. The summed E-state index contributed by atoms with van der Waals surface area (Å²) in [6, 6.07) is 3.90. The molecule has 0 aliphatic carbocycles. The monoisotopic (exact) mass is 280 g/mol. The molecule has 0 heterocycles. The molecule has 0 aliphatic heterocycles. The average molecular weight is 281 g/mol. The fraction of sp³-hybridized carbons (Fsp3) is 0.364. The first-order valence-corrected chi connectivity index (χ1v) is 5.24. The summed E-state index contributed by atoms with van der Waals surface area (Å²) in [5.41, 5.74) is 6.14. The van der Waals surface area contributed by atoms with Crippen LogP contribution < -0.4 is 5.73 Å². The van der Waals surface area contributed by atoms with Crippen LogP contribution in [0.5, 0.6) is 0 Å². The van der Waals surface area contributed by atoms with Gasteiger partial charge in [0.05, 0.1) is 11.1 Å². The predicted octanol–water partition coefficient (Wildman–Crippen LogP) is 2.21. The van der Waals surface area contributed by atoms with Crippen molar-refractivity contribution in [1.29, 1.82) is 0 Å². The largest absolute Gasteiger partial charge is 0.340 e. The van der Waals surface area contributed by atoms with Crippen molar-refractivity contribution in [3.8, 4) is 0 Å². The lowest BCUT2D eigenvalue weighted by Gasteiger charge is -2.19. The van der Waals surface area contributed by atoms with Crippen LogP contribution in [-0.2, 0) is 11.3 Å². The molecule has 0 aliphatic rings. The van der Waals surface area contributed by atoms with E-state index in [-0.39, 0.29) is 23.3 Å². The maximum absolute atomic E-state index is 13.1. The third kappa shape index (κ3) is 4.50. The number of carbonyl (C=O) groups excluding carboxylic acids is 1. The summed E-state index contributed by atoms with van der Waals surface area (Å²) in [7, 11) is 1.62. The normalized spacial score (nSPS) is 11.6. The van der Waals surface area contributed by atoms with E-state index in [0.717, 1.165) is 0 Å². The lowest BCUT2D eigenvalue weighted by Crippen LogP contribution is -2.39. The summed E-state index contributed by atoms with van der Waals surface area (Å²) >= 11 is 5.55. The molecule has 3 nitrogen and oxygen atoms in total. The Balaban J connectivity index is 0.00000256. The number of hydrogen-bond donors (Lipinski definition) is 1. The first-order valence-electron chi connectivity index (χ1n) is 4.86. The standard InChI is InChI=1S/C11H14ClFN2O.ClH/c1-7(14)11(16)15(2)6-8-3-4-9(12)10(13)5-8;/h3-5,7H,6,14H2,1-2H3;1H/t7-;/m1./s1.